The molecule has 1 aromatic carbocycles. The Morgan fingerprint density at radius 3 is 2.69 bits per heavy atom. The van der Waals surface area contributed by atoms with Gasteiger partial charge in [0, 0.05) is 9.85 Å². The molecule has 0 heterocycles. The maximum Gasteiger partial charge on any atom is 0.0438 e. The molecule has 0 bridgehead atoms. The minimum absolute atomic E-state index is 0.619. The Morgan fingerprint density at radius 2 is 1.94 bits per heavy atom. The van der Waals surface area contributed by atoms with E-state index in [1.807, 2.05) is 0 Å². The van der Waals surface area contributed by atoms with Gasteiger partial charge in [-0.25, -0.2) is 0 Å². The van der Waals surface area contributed by atoms with Gasteiger partial charge >= 0.3 is 0 Å². The average Bonchev–Trinajstić information content (AvgIpc) is 2.47. The fraction of sp³-hybridized carbons (Fsp3) is 0.571. The number of hydrogen-bond donors (Lipinski definition) is 0. The van der Waals surface area contributed by atoms with Crippen molar-refractivity contribution in [3.63, 3.8) is 0 Å². The van der Waals surface area contributed by atoms with E-state index in [1.54, 1.807) is 0 Å². The highest BCUT2D eigenvalue weighted by atomic mass is 79.9. The monoisotopic (exact) mass is 300 g/mol. The van der Waals surface area contributed by atoms with Crippen LogP contribution in [0.5, 0.6) is 0 Å². The van der Waals surface area contributed by atoms with Gasteiger partial charge in [0.25, 0.3) is 0 Å². The predicted octanol–water partition coefficient (Wildman–Crippen LogP) is 5.46. The zero-order valence-electron chi connectivity index (χ0n) is 9.68. The van der Waals surface area contributed by atoms with E-state index in [2.05, 4.69) is 41.1 Å². The molecule has 0 spiro atoms. The van der Waals surface area contributed by atoms with Crippen molar-refractivity contribution in [3.05, 3.63) is 34.3 Å². The smallest absolute Gasteiger partial charge is 0.0438 e. The lowest BCUT2D eigenvalue weighted by molar-refractivity contribution is 0.612. The molecule has 0 radical (unpaired) electrons. The number of alkyl halides is 1. The van der Waals surface area contributed by atoms with Gasteiger partial charge in [0.1, 0.15) is 0 Å². The number of halogens is 2. The lowest BCUT2D eigenvalue weighted by Crippen LogP contribution is -2.10. The summed E-state index contributed by atoms with van der Waals surface area (Å²) in [6.07, 6.45) is 6.65. The first-order valence-corrected chi connectivity index (χ1v) is 7.38. The molecular weight excluding hydrogens is 284 g/mol. The standard InChI is InChI=1S/C14H18BrCl/c1-10-7-8-11(9-14(10)16)12-5-3-2-4-6-13(12)15/h7-9,12-13H,2-6H2,1H3. The number of benzene rings is 1. The third-order valence-electron chi connectivity index (χ3n) is 3.56. The molecule has 2 unspecified atom stereocenters. The number of aryl methyl sites for hydroxylation is 1. The van der Waals surface area contributed by atoms with Gasteiger partial charge in [0.2, 0.25) is 0 Å². The van der Waals surface area contributed by atoms with Crippen LogP contribution in [0.4, 0.5) is 0 Å². The second kappa shape index (κ2) is 5.55. The normalized spacial score (nSPS) is 26.4. The fourth-order valence-corrected chi connectivity index (χ4v) is 3.56. The van der Waals surface area contributed by atoms with Crippen LogP contribution < -0.4 is 0 Å². The molecule has 1 fully saturated rings. The number of hydrogen-bond acceptors (Lipinski definition) is 0. The molecule has 2 atom stereocenters. The van der Waals surface area contributed by atoms with Crippen LogP contribution in [-0.4, -0.2) is 4.83 Å². The summed E-state index contributed by atoms with van der Waals surface area (Å²) in [4.78, 5) is 0.619. The Hall–Kier alpha value is -0.0100. The van der Waals surface area contributed by atoms with Gasteiger partial charge < -0.3 is 0 Å². The Kier molecular flexibility index (Phi) is 4.32. The molecule has 0 amide bonds. The van der Waals surface area contributed by atoms with E-state index in [0.717, 1.165) is 5.02 Å². The molecule has 2 rings (SSSR count). The maximum atomic E-state index is 6.21. The summed E-state index contributed by atoms with van der Waals surface area (Å²) in [7, 11) is 0. The van der Waals surface area contributed by atoms with Crippen LogP contribution in [0.15, 0.2) is 18.2 Å². The van der Waals surface area contributed by atoms with E-state index >= 15 is 0 Å². The first-order chi connectivity index (χ1) is 7.68. The maximum absolute atomic E-state index is 6.21. The van der Waals surface area contributed by atoms with Crippen molar-refractivity contribution in [3.8, 4) is 0 Å². The molecule has 0 N–H and O–H groups in total. The lowest BCUT2D eigenvalue weighted by Gasteiger charge is -2.21. The Labute approximate surface area is 112 Å². The van der Waals surface area contributed by atoms with E-state index in [1.165, 1.54) is 43.2 Å². The molecule has 1 saturated carbocycles. The van der Waals surface area contributed by atoms with Crippen molar-refractivity contribution in [2.24, 2.45) is 0 Å². The van der Waals surface area contributed by atoms with Gasteiger partial charge in [0.15, 0.2) is 0 Å². The SMILES string of the molecule is Cc1ccc(C2CCCCCC2Br)cc1Cl. The Bertz CT molecular complexity index is 362. The highest BCUT2D eigenvalue weighted by Gasteiger charge is 2.23. The van der Waals surface area contributed by atoms with Crippen molar-refractivity contribution >= 4 is 27.5 Å². The van der Waals surface area contributed by atoms with Gasteiger partial charge in [-0.3, -0.25) is 0 Å². The van der Waals surface area contributed by atoms with E-state index < -0.39 is 0 Å². The van der Waals surface area contributed by atoms with Crippen molar-refractivity contribution in [1.82, 2.24) is 0 Å². The lowest BCUT2D eigenvalue weighted by atomic mass is 9.91. The van der Waals surface area contributed by atoms with Crippen molar-refractivity contribution in [2.45, 2.75) is 49.8 Å². The summed E-state index contributed by atoms with van der Waals surface area (Å²) in [5.41, 5.74) is 2.57. The molecular formula is C14H18BrCl. The third-order valence-corrected chi connectivity index (χ3v) is 5.06. The molecule has 1 aliphatic carbocycles. The highest BCUT2D eigenvalue weighted by molar-refractivity contribution is 9.09. The molecule has 0 saturated heterocycles. The molecule has 1 aromatic rings. The summed E-state index contributed by atoms with van der Waals surface area (Å²) >= 11 is 10.0. The molecule has 1 aliphatic rings. The molecule has 0 aromatic heterocycles. The largest absolute Gasteiger partial charge is 0.0884 e. The van der Waals surface area contributed by atoms with Crippen LogP contribution >= 0.6 is 27.5 Å². The second-order valence-electron chi connectivity index (χ2n) is 4.77. The van der Waals surface area contributed by atoms with Crippen molar-refractivity contribution in [2.75, 3.05) is 0 Å². The summed E-state index contributed by atoms with van der Waals surface area (Å²) < 4.78 is 0. The van der Waals surface area contributed by atoms with Crippen LogP contribution in [0.1, 0.15) is 49.1 Å². The van der Waals surface area contributed by atoms with Crippen LogP contribution in [0.25, 0.3) is 0 Å². The Morgan fingerprint density at radius 1 is 1.19 bits per heavy atom. The summed E-state index contributed by atoms with van der Waals surface area (Å²) in [6, 6.07) is 6.54. The van der Waals surface area contributed by atoms with Gasteiger partial charge in [-0.15, -0.1) is 0 Å². The highest BCUT2D eigenvalue weighted by Crippen LogP contribution is 2.37. The summed E-state index contributed by atoms with van der Waals surface area (Å²) in [5, 5.41) is 0.904. The van der Waals surface area contributed by atoms with Crippen molar-refractivity contribution in [1.29, 1.82) is 0 Å². The predicted molar refractivity (Wildman–Crippen MR) is 74.7 cm³/mol. The van der Waals surface area contributed by atoms with Crippen LogP contribution in [0.2, 0.25) is 5.02 Å². The summed E-state index contributed by atoms with van der Waals surface area (Å²) in [5.74, 6) is 0.639. The molecule has 0 aliphatic heterocycles. The van der Waals surface area contributed by atoms with Gasteiger partial charge in [0.05, 0.1) is 0 Å². The van der Waals surface area contributed by atoms with Gasteiger partial charge in [-0.2, -0.15) is 0 Å². The van der Waals surface area contributed by atoms with E-state index in [9.17, 15) is 0 Å². The zero-order valence-corrected chi connectivity index (χ0v) is 12.0. The van der Waals surface area contributed by atoms with E-state index in [0.29, 0.717) is 10.7 Å². The van der Waals surface area contributed by atoms with E-state index in [-0.39, 0.29) is 0 Å². The quantitative estimate of drug-likeness (QED) is 0.477. The Balaban J connectivity index is 2.23. The average molecular weight is 302 g/mol. The van der Waals surface area contributed by atoms with Gasteiger partial charge in [-0.1, -0.05) is 58.9 Å². The minimum atomic E-state index is 0.619. The molecule has 2 heteroatoms. The first-order valence-electron chi connectivity index (χ1n) is 6.08. The molecule has 16 heavy (non-hydrogen) atoms. The third kappa shape index (κ3) is 2.81. The fourth-order valence-electron chi connectivity index (χ4n) is 2.48. The first kappa shape index (κ1) is 12.4. The molecule has 88 valence electrons. The second-order valence-corrected chi connectivity index (χ2v) is 6.35. The molecule has 0 nitrogen and oxygen atoms in total. The number of rotatable bonds is 1. The van der Waals surface area contributed by atoms with Crippen molar-refractivity contribution < 1.29 is 0 Å². The van der Waals surface area contributed by atoms with Gasteiger partial charge in [-0.05, 0) is 42.9 Å². The summed E-state index contributed by atoms with van der Waals surface area (Å²) in [6.45, 7) is 2.06. The topological polar surface area (TPSA) is 0 Å². The zero-order chi connectivity index (χ0) is 11.5. The minimum Gasteiger partial charge on any atom is -0.0884 e. The van der Waals surface area contributed by atoms with Crippen LogP contribution in [0.3, 0.4) is 0 Å². The van der Waals surface area contributed by atoms with E-state index in [4.69, 9.17) is 11.6 Å². The van der Waals surface area contributed by atoms with Crippen LogP contribution in [-0.2, 0) is 0 Å². The van der Waals surface area contributed by atoms with Crippen LogP contribution in [0, 0.1) is 6.92 Å².